The molecule has 8 nitrogen and oxygen atoms in total. The fourth-order valence-electron chi connectivity index (χ4n) is 3.76. The largest absolute Gasteiger partial charge is 0.481 e. The van der Waals surface area contributed by atoms with Crippen molar-refractivity contribution in [2.45, 2.75) is 46.1 Å². The van der Waals surface area contributed by atoms with Crippen LogP contribution in [0.3, 0.4) is 0 Å². The van der Waals surface area contributed by atoms with Gasteiger partial charge in [-0.25, -0.2) is 0 Å². The van der Waals surface area contributed by atoms with E-state index in [-0.39, 0.29) is 25.9 Å². The number of halogens is 1. The highest BCUT2D eigenvalue weighted by Crippen LogP contribution is 2.39. The van der Waals surface area contributed by atoms with E-state index in [9.17, 15) is 9.59 Å². The summed E-state index contributed by atoms with van der Waals surface area (Å²) in [4.78, 5) is 29.4. The number of rotatable bonds is 7. The fourth-order valence-corrected chi connectivity index (χ4v) is 5.10. The normalized spacial score (nSPS) is 14.8. The topological polar surface area (TPSA) is 107 Å². The highest BCUT2D eigenvalue weighted by molar-refractivity contribution is 7.15. The zero-order chi connectivity index (χ0) is 23.7. The number of esters is 1. The molecule has 33 heavy (non-hydrogen) atoms. The summed E-state index contributed by atoms with van der Waals surface area (Å²) in [6.45, 7) is 6.05. The number of carbonyl (C=O) groups excluding carboxylic acids is 1. The average Bonchev–Trinajstić information content (AvgIpc) is 3.24. The molecule has 172 valence electrons. The van der Waals surface area contributed by atoms with E-state index in [1.54, 1.807) is 11.3 Å². The van der Waals surface area contributed by atoms with Crippen LogP contribution < -0.4 is 0 Å². The molecule has 0 spiro atoms. The fraction of sp³-hybridized carbons (Fsp3) is 0.348. The number of hydrogen-bond acceptors (Lipinski definition) is 7. The van der Waals surface area contributed by atoms with Gasteiger partial charge in [-0.1, -0.05) is 23.7 Å². The maximum absolute atomic E-state index is 12.6. The van der Waals surface area contributed by atoms with E-state index in [0.29, 0.717) is 16.7 Å². The molecule has 0 radical (unpaired) electrons. The number of benzene rings is 1. The maximum Gasteiger partial charge on any atom is 0.308 e. The van der Waals surface area contributed by atoms with Gasteiger partial charge in [0.05, 0.1) is 18.7 Å². The molecule has 3 aromatic rings. The highest BCUT2D eigenvalue weighted by atomic mass is 35.5. The van der Waals surface area contributed by atoms with Crippen molar-refractivity contribution in [1.82, 2.24) is 14.8 Å². The summed E-state index contributed by atoms with van der Waals surface area (Å²) in [5.74, 6) is -0.108. The van der Waals surface area contributed by atoms with Gasteiger partial charge in [-0.2, -0.15) is 0 Å². The molecule has 0 saturated heterocycles. The molecule has 3 heterocycles. The molecule has 1 atom stereocenters. The van der Waals surface area contributed by atoms with E-state index < -0.39 is 18.0 Å². The molecule has 0 fully saturated rings. The van der Waals surface area contributed by atoms with Crippen molar-refractivity contribution in [3.05, 3.63) is 62.5 Å². The first kappa shape index (κ1) is 23.1. The van der Waals surface area contributed by atoms with Gasteiger partial charge >= 0.3 is 11.9 Å². The lowest BCUT2D eigenvalue weighted by molar-refractivity contribution is -0.145. The van der Waals surface area contributed by atoms with Gasteiger partial charge in [0.15, 0.2) is 5.82 Å². The van der Waals surface area contributed by atoms with Crippen LogP contribution >= 0.6 is 22.9 Å². The van der Waals surface area contributed by atoms with Crippen LogP contribution in [0.4, 0.5) is 0 Å². The first-order valence-electron chi connectivity index (χ1n) is 10.5. The number of carboxylic acids is 1. The molecule has 1 aliphatic rings. The minimum absolute atomic E-state index is 0.0325. The van der Waals surface area contributed by atoms with Crippen LogP contribution in [0.1, 0.15) is 58.5 Å². The van der Waals surface area contributed by atoms with Gasteiger partial charge in [0, 0.05) is 27.4 Å². The third kappa shape index (κ3) is 4.69. The van der Waals surface area contributed by atoms with Crippen molar-refractivity contribution in [3.63, 3.8) is 0 Å². The van der Waals surface area contributed by atoms with Crippen LogP contribution in [0.25, 0.3) is 5.00 Å². The molecule has 4 rings (SSSR count). The number of aromatic nitrogens is 3. The number of aliphatic imine (C=N–C) groups is 1. The minimum atomic E-state index is -0.924. The predicted octanol–water partition coefficient (Wildman–Crippen LogP) is 4.60. The summed E-state index contributed by atoms with van der Waals surface area (Å²) in [5.41, 5.74) is 3.75. The molecule has 1 aromatic carbocycles. The number of aliphatic carboxylic acids is 1. The predicted molar refractivity (Wildman–Crippen MR) is 126 cm³/mol. The third-order valence-corrected chi connectivity index (χ3v) is 6.96. The highest BCUT2D eigenvalue weighted by Gasteiger charge is 2.32. The van der Waals surface area contributed by atoms with Crippen LogP contribution in [0.2, 0.25) is 5.02 Å². The Bertz CT molecular complexity index is 1250. The van der Waals surface area contributed by atoms with Gasteiger partial charge < -0.3 is 9.84 Å². The van der Waals surface area contributed by atoms with Crippen molar-refractivity contribution in [3.8, 4) is 5.00 Å². The second-order valence-electron chi connectivity index (χ2n) is 7.83. The van der Waals surface area contributed by atoms with Gasteiger partial charge in [-0.15, -0.1) is 21.5 Å². The van der Waals surface area contributed by atoms with Gasteiger partial charge in [-0.05, 0) is 44.9 Å². The number of carboxylic acid groups (broad SMARTS) is 1. The zero-order valence-electron chi connectivity index (χ0n) is 18.5. The third-order valence-electron chi connectivity index (χ3n) is 5.52. The molecule has 0 bridgehead atoms. The van der Waals surface area contributed by atoms with Gasteiger partial charge in [-0.3, -0.25) is 19.1 Å². The van der Waals surface area contributed by atoms with Crippen molar-refractivity contribution in [2.75, 3.05) is 6.61 Å². The molecule has 0 saturated carbocycles. The van der Waals surface area contributed by atoms with E-state index in [4.69, 9.17) is 26.4 Å². The summed E-state index contributed by atoms with van der Waals surface area (Å²) < 4.78 is 7.24. The summed E-state index contributed by atoms with van der Waals surface area (Å²) in [6, 6.07) is 6.85. The van der Waals surface area contributed by atoms with Crippen LogP contribution in [0.15, 0.2) is 29.3 Å². The number of aryl methyl sites for hydroxylation is 2. The number of fused-ring (bicyclic) bond motifs is 3. The number of hydrogen-bond donors (Lipinski definition) is 1. The lowest BCUT2D eigenvalue weighted by atomic mass is 9.99. The molecule has 2 aromatic heterocycles. The van der Waals surface area contributed by atoms with Crippen LogP contribution in [0, 0.1) is 20.8 Å². The number of thiophene rings is 1. The lowest BCUT2D eigenvalue weighted by Crippen LogP contribution is -2.14. The molecule has 1 aliphatic heterocycles. The summed E-state index contributed by atoms with van der Waals surface area (Å²) >= 11 is 7.75. The standard InChI is InChI=1S/C23H23ClN4O4S/c1-12-13(2)33-23-20(12)21(15-6-8-16(24)9-7-15)25-17(22-27-26-14(3)28(22)23)11-19(31)32-10-4-5-18(29)30/h6-9,17H,4-5,10-11H2,1-3H3,(H,29,30)/t17-/m0/s1. The Morgan fingerprint density at radius 3 is 2.61 bits per heavy atom. The Morgan fingerprint density at radius 1 is 1.18 bits per heavy atom. The second kappa shape index (κ2) is 9.44. The van der Waals surface area contributed by atoms with Gasteiger partial charge in [0.2, 0.25) is 0 Å². The van der Waals surface area contributed by atoms with E-state index in [0.717, 1.165) is 32.3 Å². The molecule has 1 N–H and O–H groups in total. The Hall–Kier alpha value is -3.04. The van der Waals surface area contributed by atoms with Crippen LogP contribution in [0.5, 0.6) is 0 Å². The Morgan fingerprint density at radius 2 is 1.91 bits per heavy atom. The maximum atomic E-state index is 12.6. The summed E-state index contributed by atoms with van der Waals surface area (Å²) in [7, 11) is 0. The molecular weight excluding hydrogens is 464 g/mol. The molecule has 0 aliphatic carbocycles. The number of nitrogens with zero attached hydrogens (tertiary/aromatic N) is 4. The van der Waals surface area contributed by atoms with Gasteiger partial charge in [0.25, 0.3) is 0 Å². The monoisotopic (exact) mass is 486 g/mol. The van der Waals surface area contributed by atoms with Crippen LogP contribution in [-0.4, -0.2) is 44.1 Å². The van der Waals surface area contributed by atoms with E-state index in [1.165, 1.54) is 0 Å². The first-order valence-corrected chi connectivity index (χ1v) is 11.7. The Kier molecular flexibility index (Phi) is 6.62. The molecule has 0 amide bonds. The molecule has 10 heteroatoms. The molecule has 0 unspecified atom stereocenters. The SMILES string of the molecule is Cc1sc2c(c1C)C(c1ccc(Cl)cc1)=N[C@@H](CC(=O)OCCCC(=O)O)c1nnc(C)n1-2. The summed E-state index contributed by atoms with van der Waals surface area (Å²) in [6.07, 6.45) is 0.174. The van der Waals surface area contributed by atoms with Crippen LogP contribution in [-0.2, 0) is 14.3 Å². The van der Waals surface area contributed by atoms with Crippen molar-refractivity contribution >= 4 is 40.6 Å². The average molecular weight is 487 g/mol. The van der Waals surface area contributed by atoms with Crippen molar-refractivity contribution in [1.29, 1.82) is 0 Å². The van der Waals surface area contributed by atoms with Crippen molar-refractivity contribution in [2.24, 2.45) is 4.99 Å². The lowest BCUT2D eigenvalue weighted by Gasteiger charge is -2.12. The van der Waals surface area contributed by atoms with E-state index in [1.807, 2.05) is 35.8 Å². The second-order valence-corrected chi connectivity index (χ2v) is 9.47. The van der Waals surface area contributed by atoms with Crippen molar-refractivity contribution < 1.29 is 19.4 Å². The number of carbonyl (C=O) groups is 2. The van der Waals surface area contributed by atoms with Gasteiger partial charge in [0.1, 0.15) is 16.9 Å². The van der Waals surface area contributed by atoms with E-state index in [2.05, 4.69) is 24.0 Å². The Balaban J connectivity index is 1.75. The van der Waals surface area contributed by atoms with E-state index >= 15 is 0 Å². The quantitative estimate of drug-likeness (QED) is 0.386. The zero-order valence-corrected chi connectivity index (χ0v) is 20.0. The molecular formula is C23H23ClN4O4S. The summed E-state index contributed by atoms with van der Waals surface area (Å²) in [5, 5.41) is 19.0. The smallest absolute Gasteiger partial charge is 0.308 e. The minimum Gasteiger partial charge on any atom is -0.481 e. The number of ether oxygens (including phenoxy) is 1. The first-order chi connectivity index (χ1) is 15.8. The Labute approximate surface area is 199 Å².